The first-order chi connectivity index (χ1) is 19.1. The fourth-order valence-corrected chi connectivity index (χ4v) is 7.71. The summed E-state index contributed by atoms with van der Waals surface area (Å²) in [6.45, 7) is 11.5. The molecule has 1 aliphatic rings. The van der Waals surface area contributed by atoms with Crippen LogP contribution in [0.5, 0.6) is 0 Å². The summed E-state index contributed by atoms with van der Waals surface area (Å²) in [6.07, 6.45) is 0.473. The number of carbonyl (C=O) groups is 1. The number of fused-ring (bicyclic) bond motifs is 1. The Hall–Kier alpha value is -4.26. The highest BCUT2D eigenvalue weighted by Crippen LogP contribution is 2.55. The maximum atomic E-state index is 14.7. The molecule has 0 amide bonds. The molecule has 6 rings (SSSR count). The average Bonchev–Trinajstić information content (AvgIpc) is 3.27. The van der Waals surface area contributed by atoms with Gasteiger partial charge in [0.05, 0.1) is 28.6 Å². The summed E-state index contributed by atoms with van der Waals surface area (Å²) in [5.41, 5.74) is 3.13. The van der Waals surface area contributed by atoms with E-state index in [4.69, 9.17) is 6.57 Å². The number of aromatic nitrogens is 1. The third-order valence-corrected chi connectivity index (χ3v) is 10.3. The molecule has 2 unspecified atom stereocenters. The Morgan fingerprint density at radius 2 is 1.88 bits per heavy atom. The van der Waals surface area contributed by atoms with Crippen molar-refractivity contribution in [3.8, 4) is 22.4 Å². The van der Waals surface area contributed by atoms with Gasteiger partial charge in [0.25, 0.3) is 10.0 Å². The van der Waals surface area contributed by atoms with Gasteiger partial charge in [-0.25, -0.2) is 21.6 Å². The SMILES string of the molecule is [C-]#[N+]c1sccc1-c1c(-c2cccc(C3(C)CC3C(=O)O)c2)n(S(=O)(=O)c2ccc(C)cc2)c2ccc(F)cc12. The molecule has 0 saturated heterocycles. The van der Waals surface area contributed by atoms with Crippen molar-refractivity contribution in [1.29, 1.82) is 0 Å². The van der Waals surface area contributed by atoms with Gasteiger partial charge in [0.1, 0.15) is 5.82 Å². The fraction of sp³-hybridized carbons (Fsp3) is 0.161. The minimum atomic E-state index is -4.19. The number of benzene rings is 3. The molecule has 2 atom stereocenters. The predicted molar refractivity (Wildman–Crippen MR) is 154 cm³/mol. The topological polar surface area (TPSA) is 80.7 Å². The number of carboxylic acid groups (broad SMARTS) is 1. The monoisotopic (exact) mass is 570 g/mol. The second-order valence-electron chi connectivity index (χ2n) is 10.3. The minimum Gasteiger partial charge on any atom is -0.481 e. The number of rotatable bonds is 6. The van der Waals surface area contributed by atoms with Crippen LogP contribution in [0.2, 0.25) is 0 Å². The highest BCUT2D eigenvalue weighted by Gasteiger charge is 2.56. The van der Waals surface area contributed by atoms with Crippen LogP contribution in [0.25, 0.3) is 38.1 Å². The molecule has 2 aromatic heterocycles. The largest absolute Gasteiger partial charge is 0.481 e. The second kappa shape index (κ2) is 9.15. The molecule has 3 aromatic carbocycles. The quantitative estimate of drug-likeness (QED) is 0.213. The molecule has 0 radical (unpaired) electrons. The first-order valence-corrected chi connectivity index (χ1v) is 14.8. The van der Waals surface area contributed by atoms with Crippen molar-refractivity contribution in [2.24, 2.45) is 5.92 Å². The van der Waals surface area contributed by atoms with Crippen LogP contribution in [0.1, 0.15) is 24.5 Å². The molecule has 0 aliphatic heterocycles. The second-order valence-corrected chi connectivity index (χ2v) is 13.0. The van der Waals surface area contributed by atoms with Crippen LogP contribution in [0, 0.1) is 25.2 Å². The molecule has 1 fully saturated rings. The molecule has 1 aliphatic carbocycles. The molecular formula is C31H23FN2O4S2. The van der Waals surface area contributed by atoms with Crippen LogP contribution in [0.4, 0.5) is 9.39 Å². The van der Waals surface area contributed by atoms with Gasteiger partial charge in [-0.2, -0.15) is 11.3 Å². The number of nitrogens with zero attached hydrogens (tertiary/aromatic N) is 2. The maximum absolute atomic E-state index is 14.7. The lowest BCUT2D eigenvalue weighted by atomic mass is 9.92. The third kappa shape index (κ3) is 3.95. The van der Waals surface area contributed by atoms with E-state index in [2.05, 4.69) is 4.85 Å². The predicted octanol–water partition coefficient (Wildman–Crippen LogP) is 7.63. The molecule has 1 saturated carbocycles. The zero-order chi connectivity index (χ0) is 28.4. The van der Waals surface area contributed by atoms with Gasteiger partial charge in [0.15, 0.2) is 0 Å². The lowest BCUT2D eigenvalue weighted by Gasteiger charge is -2.16. The molecule has 5 aromatic rings. The van der Waals surface area contributed by atoms with Crippen molar-refractivity contribution < 1.29 is 22.7 Å². The average molecular weight is 571 g/mol. The summed E-state index contributed by atoms with van der Waals surface area (Å²) < 4.78 is 44.6. The van der Waals surface area contributed by atoms with Gasteiger partial charge in [0, 0.05) is 27.5 Å². The van der Waals surface area contributed by atoms with Gasteiger partial charge in [-0.3, -0.25) is 4.79 Å². The van der Waals surface area contributed by atoms with Crippen LogP contribution in [0.3, 0.4) is 0 Å². The summed E-state index contributed by atoms with van der Waals surface area (Å²) >= 11 is 1.22. The number of halogens is 1. The summed E-state index contributed by atoms with van der Waals surface area (Å²) in [6, 6.07) is 19.4. The molecule has 1 N–H and O–H groups in total. The smallest absolute Gasteiger partial charge is 0.307 e. The first-order valence-electron chi connectivity index (χ1n) is 12.5. The third-order valence-electron chi connectivity index (χ3n) is 7.79. The number of aliphatic carboxylic acids is 1. The molecular weight excluding hydrogens is 547 g/mol. The number of hydrogen-bond donors (Lipinski definition) is 1. The van der Waals surface area contributed by atoms with Gasteiger partial charge in [-0.1, -0.05) is 48.9 Å². The Balaban J connectivity index is 1.73. The normalized spacial score (nSPS) is 18.5. The van der Waals surface area contributed by atoms with Crippen LogP contribution < -0.4 is 0 Å². The van der Waals surface area contributed by atoms with Gasteiger partial charge in [-0.05, 0) is 60.7 Å². The van der Waals surface area contributed by atoms with Gasteiger partial charge < -0.3 is 5.11 Å². The first kappa shape index (κ1) is 26.0. The Morgan fingerprint density at radius 3 is 2.55 bits per heavy atom. The summed E-state index contributed by atoms with van der Waals surface area (Å²) in [4.78, 5) is 15.5. The van der Waals surface area contributed by atoms with Crippen molar-refractivity contribution >= 4 is 43.2 Å². The van der Waals surface area contributed by atoms with Crippen molar-refractivity contribution in [2.45, 2.75) is 30.6 Å². The van der Waals surface area contributed by atoms with Crippen LogP contribution in [-0.2, 0) is 20.2 Å². The van der Waals surface area contributed by atoms with Crippen LogP contribution >= 0.6 is 11.3 Å². The van der Waals surface area contributed by atoms with E-state index < -0.39 is 33.1 Å². The Labute approximate surface area is 234 Å². The molecule has 0 bridgehead atoms. The van der Waals surface area contributed by atoms with E-state index in [0.29, 0.717) is 39.2 Å². The molecule has 200 valence electrons. The zero-order valence-electron chi connectivity index (χ0n) is 21.6. The highest BCUT2D eigenvalue weighted by molar-refractivity contribution is 7.90. The molecule has 6 nitrogen and oxygen atoms in total. The van der Waals surface area contributed by atoms with E-state index >= 15 is 0 Å². The minimum absolute atomic E-state index is 0.0686. The van der Waals surface area contributed by atoms with Gasteiger partial charge in [-0.15, -0.1) is 0 Å². The van der Waals surface area contributed by atoms with Gasteiger partial charge in [0.2, 0.25) is 5.00 Å². The van der Waals surface area contributed by atoms with Gasteiger partial charge >= 0.3 is 5.97 Å². The maximum Gasteiger partial charge on any atom is 0.307 e. The number of thiophene rings is 1. The van der Waals surface area contributed by atoms with Crippen molar-refractivity contribution in [3.63, 3.8) is 0 Å². The molecule has 9 heteroatoms. The van der Waals surface area contributed by atoms with E-state index in [1.165, 1.54) is 45.6 Å². The van der Waals surface area contributed by atoms with E-state index in [9.17, 15) is 22.7 Å². The highest BCUT2D eigenvalue weighted by atomic mass is 32.2. The van der Waals surface area contributed by atoms with Crippen LogP contribution in [-0.4, -0.2) is 23.5 Å². The number of aryl methyl sites for hydroxylation is 1. The Bertz CT molecular complexity index is 1980. The standard InChI is InChI=1S/C31H23FN2O4S2/c1-18-7-10-22(11-8-18)40(37,38)34-26-12-9-21(32)16-24(26)27(23-13-14-39-29(23)33-3)28(34)19-5-4-6-20(15-19)31(2)17-25(31)30(35)36/h4-16,25H,17H2,1-2H3,(H,35,36). The van der Waals surface area contributed by atoms with Crippen molar-refractivity contribution in [2.75, 3.05) is 0 Å². The lowest BCUT2D eigenvalue weighted by molar-refractivity contribution is -0.138. The summed E-state index contributed by atoms with van der Waals surface area (Å²) in [5.74, 6) is -1.95. The fourth-order valence-electron chi connectivity index (χ4n) is 5.48. The molecule has 0 spiro atoms. The van der Waals surface area contributed by atoms with Crippen LogP contribution in [0.15, 0.2) is 83.1 Å². The van der Waals surface area contributed by atoms with E-state index in [-0.39, 0.29) is 10.4 Å². The van der Waals surface area contributed by atoms with E-state index in [1.807, 2.05) is 26.0 Å². The molecule has 2 heterocycles. The van der Waals surface area contributed by atoms with E-state index in [1.54, 1.807) is 35.7 Å². The number of hydrogen-bond acceptors (Lipinski definition) is 4. The van der Waals surface area contributed by atoms with E-state index in [0.717, 1.165) is 11.1 Å². The summed E-state index contributed by atoms with van der Waals surface area (Å²) in [5, 5.41) is 12.1. The lowest BCUT2D eigenvalue weighted by Crippen LogP contribution is -2.15. The summed E-state index contributed by atoms with van der Waals surface area (Å²) in [7, 11) is -4.19. The zero-order valence-corrected chi connectivity index (χ0v) is 23.2. The number of carboxylic acids is 1. The Kier molecular flexibility index (Phi) is 5.95. The Morgan fingerprint density at radius 1 is 1.12 bits per heavy atom. The molecule has 40 heavy (non-hydrogen) atoms. The van der Waals surface area contributed by atoms with Crippen molar-refractivity contribution in [3.05, 3.63) is 107 Å². The van der Waals surface area contributed by atoms with Crippen molar-refractivity contribution in [1.82, 2.24) is 3.97 Å².